The summed E-state index contributed by atoms with van der Waals surface area (Å²) in [6, 6.07) is 5.70. The first-order chi connectivity index (χ1) is 7.09. The van der Waals surface area contributed by atoms with Crippen LogP contribution in [0.2, 0.25) is 0 Å². The van der Waals surface area contributed by atoms with Crippen molar-refractivity contribution < 1.29 is 4.79 Å². The average molecular weight is 222 g/mol. The molecule has 0 saturated heterocycles. The number of anilines is 2. The van der Waals surface area contributed by atoms with Crippen molar-refractivity contribution in [1.29, 1.82) is 0 Å². The summed E-state index contributed by atoms with van der Waals surface area (Å²) in [7, 11) is 0. The summed E-state index contributed by atoms with van der Waals surface area (Å²) in [5.41, 5.74) is 7.20. The maximum Gasteiger partial charge on any atom is 0.238 e. The molecule has 1 heterocycles. The molecular formula is C11H14N2OS. The van der Waals surface area contributed by atoms with Gasteiger partial charge in [-0.15, -0.1) is 11.8 Å². The Morgan fingerprint density at radius 3 is 2.87 bits per heavy atom. The monoisotopic (exact) mass is 222 g/mol. The third kappa shape index (κ3) is 1.81. The first-order valence-electron chi connectivity index (χ1n) is 4.95. The summed E-state index contributed by atoms with van der Waals surface area (Å²) in [5, 5.41) is 2.86. The smallest absolute Gasteiger partial charge is 0.238 e. The average Bonchev–Trinajstić information content (AvgIpc) is 2.18. The van der Waals surface area contributed by atoms with Crippen LogP contribution >= 0.6 is 11.8 Å². The van der Waals surface area contributed by atoms with Crippen molar-refractivity contribution >= 4 is 29.0 Å². The maximum absolute atomic E-state index is 11.8. The predicted molar refractivity (Wildman–Crippen MR) is 64.0 cm³/mol. The summed E-state index contributed by atoms with van der Waals surface area (Å²) in [6.45, 7) is 4.10. The number of carbonyl (C=O) groups is 1. The summed E-state index contributed by atoms with van der Waals surface area (Å²) < 4.78 is 0. The number of nitrogens with two attached hydrogens (primary N) is 1. The highest BCUT2D eigenvalue weighted by molar-refractivity contribution is 8.01. The number of benzene rings is 1. The Labute approximate surface area is 93.4 Å². The highest BCUT2D eigenvalue weighted by atomic mass is 32.2. The molecule has 0 fully saturated rings. The fraction of sp³-hybridized carbons (Fsp3) is 0.364. The molecule has 0 radical (unpaired) electrons. The van der Waals surface area contributed by atoms with Gasteiger partial charge in [-0.3, -0.25) is 4.79 Å². The number of amides is 1. The van der Waals surface area contributed by atoms with E-state index < -0.39 is 0 Å². The SMILES string of the molecule is CC(C)C1Sc2cccc(N)c2NC1=O. The Hall–Kier alpha value is -1.16. The Kier molecular flexibility index (Phi) is 2.61. The highest BCUT2D eigenvalue weighted by Gasteiger charge is 2.29. The molecule has 1 aromatic rings. The van der Waals surface area contributed by atoms with Crippen LogP contribution in [0.25, 0.3) is 0 Å². The fourth-order valence-corrected chi connectivity index (χ4v) is 2.76. The van der Waals surface area contributed by atoms with Crippen LogP contribution in [-0.2, 0) is 4.79 Å². The van der Waals surface area contributed by atoms with Crippen molar-refractivity contribution in [3.05, 3.63) is 18.2 Å². The van der Waals surface area contributed by atoms with Gasteiger partial charge in [-0.25, -0.2) is 0 Å². The van der Waals surface area contributed by atoms with Gasteiger partial charge >= 0.3 is 0 Å². The normalized spacial score (nSPS) is 19.9. The zero-order valence-electron chi connectivity index (χ0n) is 8.78. The number of para-hydroxylation sites is 1. The highest BCUT2D eigenvalue weighted by Crippen LogP contribution is 2.40. The van der Waals surface area contributed by atoms with Crippen LogP contribution in [0.5, 0.6) is 0 Å². The second-order valence-corrected chi connectivity index (χ2v) is 5.18. The second kappa shape index (κ2) is 3.77. The van der Waals surface area contributed by atoms with E-state index in [2.05, 4.69) is 19.2 Å². The van der Waals surface area contributed by atoms with Crippen LogP contribution in [0.1, 0.15) is 13.8 Å². The minimum Gasteiger partial charge on any atom is -0.397 e. The summed E-state index contributed by atoms with van der Waals surface area (Å²) in [4.78, 5) is 12.8. The molecule has 0 aromatic heterocycles. The van der Waals surface area contributed by atoms with E-state index in [0.29, 0.717) is 11.6 Å². The van der Waals surface area contributed by atoms with Gasteiger partial charge in [0.2, 0.25) is 5.91 Å². The van der Waals surface area contributed by atoms with Gasteiger partial charge in [-0.05, 0) is 18.1 Å². The fourth-order valence-electron chi connectivity index (χ4n) is 1.60. The number of fused-ring (bicyclic) bond motifs is 1. The molecule has 1 atom stereocenters. The van der Waals surface area contributed by atoms with Gasteiger partial charge in [-0.2, -0.15) is 0 Å². The van der Waals surface area contributed by atoms with Crippen molar-refractivity contribution in [1.82, 2.24) is 0 Å². The lowest BCUT2D eigenvalue weighted by Gasteiger charge is -2.27. The van der Waals surface area contributed by atoms with Gasteiger partial charge in [0.1, 0.15) is 0 Å². The van der Waals surface area contributed by atoms with E-state index in [1.54, 1.807) is 17.8 Å². The molecule has 2 rings (SSSR count). The van der Waals surface area contributed by atoms with Crippen molar-refractivity contribution in [2.45, 2.75) is 24.0 Å². The molecule has 0 bridgehead atoms. The molecule has 1 aliphatic rings. The zero-order valence-corrected chi connectivity index (χ0v) is 9.60. The molecule has 4 heteroatoms. The molecule has 3 N–H and O–H groups in total. The van der Waals surface area contributed by atoms with E-state index in [9.17, 15) is 4.79 Å². The van der Waals surface area contributed by atoms with Crippen LogP contribution < -0.4 is 11.1 Å². The number of hydrogen-bond donors (Lipinski definition) is 2. The van der Waals surface area contributed by atoms with Crippen LogP contribution in [0.4, 0.5) is 11.4 Å². The number of carbonyl (C=O) groups excluding carboxylic acids is 1. The van der Waals surface area contributed by atoms with E-state index in [1.807, 2.05) is 12.1 Å². The van der Waals surface area contributed by atoms with Gasteiger partial charge in [0.05, 0.1) is 16.6 Å². The van der Waals surface area contributed by atoms with Crippen LogP contribution in [0.15, 0.2) is 23.1 Å². The molecule has 1 aliphatic heterocycles. The lowest BCUT2D eigenvalue weighted by molar-refractivity contribution is -0.116. The van der Waals surface area contributed by atoms with Crippen molar-refractivity contribution in [3.8, 4) is 0 Å². The first kappa shape index (κ1) is 10.4. The number of thioether (sulfide) groups is 1. The van der Waals surface area contributed by atoms with Gasteiger partial charge in [0, 0.05) is 4.90 Å². The van der Waals surface area contributed by atoms with Crippen molar-refractivity contribution in [2.75, 3.05) is 11.1 Å². The summed E-state index contributed by atoms with van der Waals surface area (Å²) >= 11 is 1.60. The van der Waals surface area contributed by atoms with Gasteiger partial charge in [0.25, 0.3) is 0 Å². The molecular weight excluding hydrogens is 208 g/mol. The Balaban J connectivity index is 2.38. The largest absolute Gasteiger partial charge is 0.397 e. The number of hydrogen-bond acceptors (Lipinski definition) is 3. The molecule has 0 aliphatic carbocycles. The minimum atomic E-state index is -0.0145. The molecule has 1 unspecified atom stereocenters. The number of rotatable bonds is 1. The standard InChI is InChI=1S/C11H14N2OS/c1-6(2)10-11(14)13-9-7(12)4-3-5-8(9)15-10/h3-6,10H,12H2,1-2H3,(H,13,14). The van der Waals surface area contributed by atoms with Crippen molar-refractivity contribution in [2.24, 2.45) is 5.92 Å². The number of nitrogen functional groups attached to an aromatic ring is 1. The summed E-state index contributed by atoms with van der Waals surface area (Å²) in [6.07, 6.45) is 0. The van der Waals surface area contributed by atoms with E-state index >= 15 is 0 Å². The molecule has 1 aromatic carbocycles. The molecule has 1 amide bonds. The van der Waals surface area contributed by atoms with Crippen LogP contribution in [-0.4, -0.2) is 11.2 Å². The molecule has 80 valence electrons. The third-order valence-electron chi connectivity index (χ3n) is 2.42. The lowest BCUT2D eigenvalue weighted by Crippen LogP contribution is -2.33. The molecule has 15 heavy (non-hydrogen) atoms. The van der Waals surface area contributed by atoms with E-state index in [4.69, 9.17) is 5.73 Å². The topological polar surface area (TPSA) is 55.1 Å². The van der Waals surface area contributed by atoms with E-state index in [0.717, 1.165) is 10.6 Å². The van der Waals surface area contributed by atoms with Crippen LogP contribution in [0, 0.1) is 5.92 Å². The predicted octanol–water partition coefficient (Wildman–Crippen LogP) is 2.34. The van der Waals surface area contributed by atoms with Gasteiger partial charge in [-0.1, -0.05) is 19.9 Å². The molecule has 0 saturated carbocycles. The zero-order chi connectivity index (χ0) is 11.0. The van der Waals surface area contributed by atoms with Gasteiger partial charge in [0.15, 0.2) is 0 Å². The summed E-state index contributed by atoms with van der Waals surface area (Å²) in [5.74, 6) is 0.380. The van der Waals surface area contributed by atoms with Crippen LogP contribution in [0.3, 0.4) is 0 Å². The number of nitrogens with one attached hydrogen (secondary N) is 1. The van der Waals surface area contributed by atoms with E-state index in [-0.39, 0.29) is 11.2 Å². The quantitative estimate of drug-likeness (QED) is 0.717. The molecule has 0 spiro atoms. The van der Waals surface area contributed by atoms with Gasteiger partial charge < -0.3 is 11.1 Å². The Bertz CT molecular complexity index is 404. The lowest BCUT2D eigenvalue weighted by atomic mass is 10.1. The first-order valence-corrected chi connectivity index (χ1v) is 5.83. The Morgan fingerprint density at radius 1 is 1.47 bits per heavy atom. The maximum atomic E-state index is 11.8. The second-order valence-electron chi connectivity index (χ2n) is 3.99. The Morgan fingerprint density at radius 2 is 2.20 bits per heavy atom. The molecule has 3 nitrogen and oxygen atoms in total. The van der Waals surface area contributed by atoms with E-state index in [1.165, 1.54) is 0 Å². The van der Waals surface area contributed by atoms with Crippen molar-refractivity contribution in [3.63, 3.8) is 0 Å². The minimum absolute atomic E-state index is 0.0145. The third-order valence-corrected chi connectivity index (χ3v) is 4.03.